The summed E-state index contributed by atoms with van der Waals surface area (Å²) in [5.41, 5.74) is 0. The molecule has 0 N–H and O–H groups in total. The molecule has 0 aromatic carbocycles. The lowest BCUT2D eigenvalue weighted by molar-refractivity contribution is 0.533. The molecule has 0 radical (unpaired) electrons. The minimum atomic E-state index is -0.325. The van der Waals surface area contributed by atoms with Gasteiger partial charge in [-0.15, -0.1) is 3.54 Å². The quantitative estimate of drug-likeness (QED) is 0.422. The Morgan fingerprint density at radius 1 is 1.08 bits per heavy atom. The number of hydrogen-bond acceptors (Lipinski definition) is 0. The fraction of sp³-hybridized carbons (Fsp3) is 1.00. The molecule has 0 saturated carbocycles. The van der Waals surface area contributed by atoms with Gasteiger partial charge in [0.1, 0.15) is 0 Å². The highest BCUT2D eigenvalue weighted by atomic mass is 35.5. The van der Waals surface area contributed by atoms with Gasteiger partial charge in [-0.2, -0.15) is 0 Å². The Hall–Kier alpha value is 1.06. The fourth-order valence-electron chi connectivity index (χ4n) is 1.27. The molecule has 0 aliphatic heterocycles. The molecular formula is C10H21ClMg. The third kappa shape index (κ3) is 7.69. The maximum absolute atomic E-state index is 5.97. The highest BCUT2D eigenvalue weighted by molar-refractivity contribution is 6.95. The Balaban J connectivity index is 3.19. The van der Waals surface area contributed by atoms with Crippen LogP contribution in [0.2, 0.25) is 3.54 Å². The van der Waals surface area contributed by atoms with Crippen molar-refractivity contribution in [2.45, 2.75) is 62.8 Å². The fourth-order valence-corrected chi connectivity index (χ4v) is 2.06. The molecule has 0 spiro atoms. The zero-order valence-electron chi connectivity index (χ0n) is 8.83. The first-order valence-electron chi connectivity index (χ1n) is 5.18. The third-order valence-electron chi connectivity index (χ3n) is 2.32. The van der Waals surface area contributed by atoms with Gasteiger partial charge < -0.3 is 9.07 Å². The van der Waals surface area contributed by atoms with Crippen LogP contribution in [0.25, 0.3) is 0 Å². The predicted molar refractivity (Wildman–Crippen MR) is 59.0 cm³/mol. The molecule has 70 valence electrons. The molecule has 0 heterocycles. The Morgan fingerprint density at radius 3 is 2.17 bits per heavy atom. The van der Waals surface area contributed by atoms with Gasteiger partial charge in [0, 0.05) is 0 Å². The van der Waals surface area contributed by atoms with Crippen LogP contribution >= 0.6 is 9.07 Å². The second-order valence-corrected chi connectivity index (χ2v) is 7.45. The molecular weight excluding hydrogens is 180 g/mol. The highest BCUT2D eigenvalue weighted by Gasteiger charge is 2.18. The van der Waals surface area contributed by atoms with Gasteiger partial charge in [-0.3, -0.25) is 0 Å². The van der Waals surface area contributed by atoms with E-state index in [0.717, 1.165) is 0 Å². The first kappa shape index (κ1) is 13.1. The van der Waals surface area contributed by atoms with Crippen LogP contribution in [0.5, 0.6) is 0 Å². The SMILES string of the molecule is CCCCCCC[C](C)(C)[Mg][Cl]. The van der Waals surface area contributed by atoms with E-state index in [1.807, 2.05) is 0 Å². The van der Waals surface area contributed by atoms with Crippen LogP contribution in [0, 0.1) is 0 Å². The van der Waals surface area contributed by atoms with Gasteiger partial charge in [-0.1, -0.05) is 59.3 Å². The summed E-state index contributed by atoms with van der Waals surface area (Å²) >= 11 is -0.325. The van der Waals surface area contributed by atoms with Gasteiger partial charge in [-0.05, 0) is 0 Å². The summed E-state index contributed by atoms with van der Waals surface area (Å²) in [5, 5.41) is 0. The van der Waals surface area contributed by atoms with Gasteiger partial charge in [0.15, 0.2) is 0 Å². The van der Waals surface area contributed by atoms with Crippen molar-refractivity contribution in [1.82, 2.24) is 0 Å². The smallest absolute Gasteiger partial charge is 0.345 e. The highest BCUT2D eigenvalue weighted by Crippen LogP contribution is 2.31. The van der Waals surface area contributed by atoms with E-state index in [-0.39, 0.29) is 19.3 Å². The average Bonchev–Trinajstić information content (AvgIpc) is 2.04. The maximum Gasteiger partial charge on any atom is 0.507 e. The minimum Gasteiger partial charge on any atom is -0.345 e. The van der Waals surface area contributed by atoms with E-state index in [9.17, 15) is 0 Å². The number of hydrogen-bond donors (Lipinski definition) is 0. The molecule has 0 amide bonds. The van der Waals surface area contributed by atoms with Gasteiger partial charge >= 0.3 is 19.3 Å². The maximum atomic E-state index is 5.97. The lowest BCUT2D eigenvalue weighted by Crippen LogP contribution is -2.07. The van der Waals surface area contributed by atoms with E-state index in [1.54, 1.807) is 0 Å². The van der Waals surface area contributed by atoms with Gasteiger partial charge in [-0.25, -0.2) is 0 Å². The van der Waals surface area contributed by atoms with Crippen molar-refractivity contribution in [3.63, 3.8) is 0 Å². The van der Waals surface area contributed by atoms with Crippen LogP contribution in [0.15, 0.2) is 0 Å². The van der Waals surface area contributed by atoms with Crippen LogP contribution in [0.3, 0.4) is 0 Å². The molecule has 0 fully saturated rings. The van der Waals surface area contributed by atoms with Gasteiger partial charge in [0.05, 0.1) is 0 Å². The second kappa shape index (κ2) is 7.46. The average molecular weight is 201 g/mol. The van der Waals surface area contributed by atoms with E-state index >= 15 is 0 Å². The molecule has 0 bridgehead atoms. The lowest BCUT2D eigenvalue weighted by Gasteiger charge is -2.20. The van der Waals surface area contributed by atoms with Crippen LogP contribution in [0.4, 0.5) is 0 Å². The molecule has 0 aliphatic rings. The molecule has 0 nitrogen and oxygen atoms in total. The summed E-state index contributed by atoms with van der Waals surface area (Å²) in [6.07, 6.45) is 8.28. The Labute approximate surface area is 90.9 Å². The van der Waals surface area contributed by atoms with Crippen molar-refractivity contribution in [3.8, 4) is 0 Å². The molecule has 0 atom stereocenters. The van der Waals surface area contributed by atoms with Crippen molar-refractivity contribution in [3.05, 3.63) is 0 Å². The zero-order valence-corrected chi connectivity index (χ0v) is 11.0. The van der Waals surface area contributed by atoms with E-state index in [4.69, 9.17) is 9.07 Å². The summed E-state index contributed by atoms with van der Waals surface area (Å²) in [5.74, 6) is 0. The molecule has 0 unspecified atom stereocenters. The second-order valence-electron chi connectivity index (χ2n) is 4.46. The van der Waals surface area contributed by atoms with Crippen molar-refractivity contribution in [2.75, 3.05) is 0 Å². The molecule has 0 aliphatic carbocycles. The molecule has 0 rings (SSSR count). The Bertz CT molecular complexity index is 102. The molecule has 0 aromatic heterocycles. The monoisotopic (exact) mass is 200 g/mol. The van der Waals surface area contributed by atoms with E-state index in [1.165, 1.54) is 38.5 Å². The summed E-state index contributed by atoms with van der Waals surface area (Å²) in [7, 11) is 5.97. The van der Waals surface area contributed by atoms with Crippen LogP contribution in [0.1, 0.15) is 59.3 Å². The molecule has 0 saturated heterocycles. The summed E-state index contributed by atoms with van der Waals surface area (Å²) in [6.45, 7) is 6.88. The third-order valence-corrected chi connectivity index (χ3v) is 5.57. The topological polar surface area (TPSA) is 0 Å². The number of halogens is 1. The molecule has 2 heteroatoms. The van der Waals surface area contributed by atoms with Crippen molar-refractivity contribution < 1.29 is 0 Å². The molecule has 12 heavy (non-hydrogen) atoms. The first-order chi connectivity index (χ1) is 5.62. The standard InChI is InChI=1S/C10H21.ClH.Mg/c1-4-5-6-7-8-9-10(2)3;;/h4-9H2,1-3H3;1H;/q;;+1/p-1. The largest absolute Gasteiger partial charge is 0.507 e. The Morgan fingerprint density at radius 2 is 1.67 bits per heavy atom. The van der Waals surface area contributed by atoms with Crippen LogP contribution in [-0.2, 0) is 0 Å². The van der Waals surface area contributed by atoms with Crippen LogP contribution < -0.4 is 0 Å². The number of unbranched alkanes of at least 4 members (excludes halogenated alkanes) is 4. The molecule has 0 aromatic rings. The number of rotatable bonds is 7. The lowest BCUT2D eigenvalue weighted by atomic mass is 10.0. The Kier molecular flexibility index (Phi) is 8.12. The minimum absolute atomic E-state index is 0.325. The summed E-state index contributed by atoms with van der Waals surface area (Å²) in [6, 6.07) is 0. The van der Waals surface area contributed by atoms with Gasteiger partial charge in [0.2, 0.25) is 0 Å². The summed E-state index contributed by atoms with van der Waals surface area (Å²) in [4.78, 5) is 0. The van der Waals surface area contributed by atoms with Crippen molar-refractivity contribution in [1.29, 1.82) is 0 Å². The first-order valence-corrected chi connectivity index (χ1v) is 8.03. The van der Waals surface area contributed by atoms with Crippen molar-refractivity contribution in [2.24, 2.45) is 0 Å². The van der Waals surface area contributed by atoms with Gasteiger partial charge in [0.25, 0.3) is 0 Å². The van der Waals surface area contributed by atoms with E-state index < -0.39 is 0 Å². The predicted octanol–water partition coefficient (Wildman–Crippen LogP) is 4.40. The normalized spacial score (nSPS) is 11.3. The van der Waals surface area contributed by atoms with Crippen molar-refractivity contribution >= 4 is 28.3 Å². The zero-order chi connectivity index (χ0) is 9.45. The summed E-state index contributed by atoms with van der Waals surface area (Å²) < 4.78 is 0.494. The van der Waals surface area contributed by atoms with Crippen LogP contribution in [-0.4, -0.2) is 19.3 Å². The van der Waals surface area contributed by atoms with E-state index in [0.29, 0.717) is 3.54 Å². The van der Waals surface area contributed by atoms with E-state index in [2.05, 4.69) is 20.8 Å².